The number of benzene rings is 1. The molecule has 6 nitrogen and oxygen atoms in total. The number of rotatable bonds is 3. The second-order valence-electron chi connectivity index (χ2n) is 4.13. The molecule has 1 amide bonds. The van der Waals surface area contributed by atoms with E-state index < -0.39 is 6.03 Å². The maximum atomic E-state index is 11.4. The van der Waals surface area contributed by atoms with Gasteiger partial charge in [-0.15, -0.1) is 0 Å². The average Bonchev–Trinajstić information content (AvgIpc) is 2.67. The number of ether oxygens (including phenoxy) is 1. The molecular weight excluding hydrogens is 246 g/mol. The van der Waals surface area contributed by atoms with E-state index >= 15 is 0 Å². The number of amides is 1. The van der Waals surface area contributed by atoms with Gasteiger partial charge in [-0.3, -0.25) is 9.36 Å². The van der Waals surface area contributed by atoms with E-state index in [1.807, 2.05) is 0 Å². The molecule has 6 heteroatoms. The Morgan fingerprint density at radius 1 is 1.37 bits per heavy atom. The minimum atomic E-state index is -0.597. The number of carbonyl (C=O) groups excluding carboxylic acids is 2. The molecule has 100 valence electrons. The summed E-state index contributed by atoms with van der Waals surface area (Å²) in [6.07, 6.45) is 1.64. The van der Waals surface area contributed by atoms with Crippen LogP contribution in [-0.2, 0) is 16.0 Å². The summed E-state index contributed by atoms with van der Waals surface area (Å²) in [6.45, 7) is 2.10. The standard InChI is InChI=1S/C13H15N3O3/c1-2-19-12(17)6-8-3-4-11-9(5-8)10(14)7-16(11)13(15)18/h3-5,7H,2,6,14H2,1H3,(H2,15,18). The summed E-state index contributed by atoms with van der Waals surface area (Å²) < 4.78 is 6.16. The van der Waals surface area contributed by atoms with Gasteiger partial charge in [0.1, 0.15) is 0 Å². The van der Waals surface area contributed by atoms with Crippen LogP contribution < -0.4 is 11.5 Å². The molecule has 2 rings (SSSR count). The second kappa shape index (κ2) is 5.01. The molecule has 0 aliphatic carbocycles. The lowest BCUT2D eigenvalue weighted by Gasteiger charge is -2.03. The number of esters is 1. The highest BCUT2D eigenvalue weighted by atomic mass is 16.5. The van der Waals surface area contributed by atoms with Gasteiger partial charge < -0.3 is 16.2 Å². The fraction of sp³-hybridized carbons (Fsp3) is 0.231. The van der Waals surface area contributed by atoms with E-state index in [1.165, 1.54) is 10.8 Å². The van der Waals surface area contributed by atoms with Crippen molar-refractivity contribution < 1.29 is 14.3 Å². The number of primary amides is 1. The molecule has 0 spiro atoms. The molecule has 19 heavy (non-hydrogen) atoms. The monoisotopic (exact) mass is 261 g/mol. The fourth-order valence-corrected chi connectivity index (χ4v) is 1.97. The van der Waals surface area contributed by atoms with Crippen molar-refractivity contribution in [1.82, 2.24) is 4.57 Å². The predicted octanol–water partition coefficient (Wildman–Crippen LogP) is 1.26. The third-order valence-electron chi connectivity index (χ3n) is 2.79. The average molecular weight is 261 g/mol. The van der Waals surface area contributed by atoms with Gasteiger partial charge in [0, 0.05) is 11.6 Å². The first-order chi connectivity index (χ1) is 9.02. The molecule has 2 aromatic rings. The lowest BCUT2D eigenvalue weighted by molar-refractivity contribution is -0.142. The summed E-state index contributed by atoms with van der Waals surface area (Å²) in [5.74, 6) is -0.297. The molecule has 0 aliphatic rings. The Morgan fingerprint density at radius 2 is 2.11 bits per heavy atom. The molecule has 0 bridgehead atoms. The molecule has 1 heterocycles. The van der Waals surface area contributed by atoms with Crippen LogP contribution in [0.15, 0.2) is 24.4 Å². The van der Waals surface area contributed by atoms with Crippen LogP contribution in [0.1, 0.15) is 12.5 Å². The Kier molecular flexibility index (Phi) is 3.41. The number of fused-ring (bicyclic) bond motifs is 1. The molecule has 1 aromatic carbocycles. The van der Waals surface area contributed by atoms with Crippen molar-refractivity contribution in [2.24, 2.45) is 5.73 Å². The third-order valence-corrected chi connectivity index (χ3v) is 2.79. The van der Waals surface area contributed by atoms with E-state index in [4.69, 9.17) is 16.2 Å². The second-order valence-corrected chi connectivity index (χ2v) is 4.13. The lowest BCUT2D eigenvalue weighted by Crippen LogP contribution is -2.18. The number of carbonyl (C=O) groups is 2. The number of aromatic nitrogens is 1. The largest absolute Gasteiger partial charge is 0.466 e. The zero-order valence-corrected chi connectivity index (χ0v) is 10.6. The highest BCUT2D eigenvalue weighted by Gasteiger charge is 2.11. The van der Waals surface area contributed by atoms with Crippen molar-refractivity contribution in [1.29, 1.82) is 0 Å². The smallest absolute Gasteiger partial charge is 0.323 e. The Labute approximate surface area is 109 Å². The van der Waals surface area contributed by atoms with Crippen LogP contribution in [0.2, 0.25) is 0 Å². The van der Waals surface area contributed by atoms with E-state index in [0.717, 1.165) is 5.56 Å². The molecular formula is C13H15N3O3. The maximum absolute atomic E-state index is 11.4. The fourth-order valence-electron chi connectivity index (χ4n) is 1.97. The van der Waals surface area contributed by atoms with Gasteiger partial charge in [-0.25, -0.2) is 4.79 Å². The van der Waals surface area contributed by atoms with E-state index in [2.05, 4.69) is 0 Å². The van der Waals surface area contributed by atoms with Gasteiger partial charge in [-0.1, -0.05) is 6.07 Å². The normalized spacial score (nSPS) is 10.6. The van der Waals surface area contributed by atoms with Crippen molar-refractivity contribution in [3.8, 4) is 0 Å². The van der Waals surface area contributed by atoms with Crippen LogP contribution in [0, 0.1) is 0 Å². The van der Waals surface area contributed by atoms with Crippen LogP contribution in [0.4, 0.5) is 10.5 Å². The summed E-state index contributed by atoms with van der Waals surface area (Å²) in [5.41, 5.74) is 12.9. The number of nitrogen functional groups attached to an aromatic ring is 1. The molecule has 0 saturated carbocycles. The molecule has 0 fully saturated rings. The lowest BCUT2D eigenvalue weighted by atomic mass is 10.1. The van der Waals surface area contributed by atoms with Crippen molar-refractivity contribution in [3.05, 3.63) is 30.0 Å². The van der Waals surface area contributed by atoms with Gasteiger partial charge >= 0.3 is 12.0 Å². The van der Waals surface area contributed by atoms with Gasteiger partial charge in [0.15, 0.2) is 0 Å². The molecule has 0 unspecified atom stereocenters. The van der Waals surface area contributed by atoms with Gasteiger partial charge in [-0.05, 0) is 24.6 Å². The van der Waals surface area contributed by atoms with Crippen molar-refractivity contribution in [2.75, 3.05) is 12.3 Å². The van der Waals surface area contributed by atoms with Crippen LogP contribution >= 0.6 is 0 Å². The van der Waals surface area contributed by atoms with E-state index in [-0.39, 0.29) is 12.4 Å². The molecule has 0 radical (unpaired) electrons. The number of nitrogens with zero attached hydrogens (tertiary/aromatic N) is 1. The van der Waals surface area contributed by atoms with E-state index in [9.17, 15) is 9.59 Å². The summed E-state index contributed by atoms with van der Waals surface area (Å²) in [6, 6.07) is 4.63. The van der Waals surface area contributed by atoms with Gasteiger partial charge in [0.2, 0.25) is 0 Å². The summed E-state index contributed by atoms with van der Waals surface area (Å²) in [7, 11) is 0. The number of hydrogen-bond acceptors (Lipinski definition) is 4. The Bertz CT molecular complexity index is 646. The number of anilines is 1. The predicted molar refractivity (Wildman–Crippen MR) is 71.7 cm³/mol. The molecule has 1 aromatic heterocycles. The highest BCUT2D eigenvalue weighted by molar-refractivity contribution is 5.99. The first kappa shape index (κ1) is 12.9. The van der Waals surface area contributed by atoms with Gasteiger partial charge in [0.05, 0.1) is 24.2 Å². The SMILES string of the molecule is CCOC(=O)Cc1ccc2c(c1)c(N)cn2C(N)=O. The minimum absolute atomic E-state index is 0.172. The Morgan fingerprint density at radius 3 is 2.74 bits per heavy atom. The number of hydrogen-bond donors (Lipinski definition) is 2. The minimum Gasteiger partial charge on any atom is -0.466 e. The summed E-state index contributed by atoms with van der Waals surface area (Å²) >= 11 is 0. The van der Waals surface area contributed by atoms with Crippen molar-refractivity contribution >= 4 is 28.6 Å². The summed E-state index contributed by atoms with van der Waals surface area (Å²) in [5, 5.41) is 0.695. The highest BCUT2D eigenvalue weighted by Crippen LogP contribution is 2.24. The number of nitrogens with two attached hydrogens (primary N) is 2. The zero-order chi connectivity index (χ0) is 14.0. The van der Waals surface area contributed by atoms with Gasteiger partial charge in [-0.2, -0.15) is 0 Å². The first-order valence-corrected chi connectivity index (χ1v) is 5.87. The van der Waals surface area contributed by atoms with Crippen molar-refractivity contribution in [2.45, 2.75) is 13.3 Å². The van der Waals surface area contributed by atoms with Crippen LogP contribution in [0.25, 0.3) is 10.9 Å². The zero-order valence-electron chi connectivity index (χ0n) is 10.6. The summed E-state index contributed by atoms with van der Waals surface area (Å²) in [4.78, 5) is 22.6. The maximum Gasteiger partial charge on any atom is 0.323 e. The van der Waals surface area contributed by atoms with Gasteiger partial charge in [0.25, 0.3) is 0 Å². The Hall–Kier alpha value is -2.50. The first-order valence-electron chi connectivity index (χ1n) is 5.87. The third kappa shape index (κ3) is 2.52. The molecule has 0 atom stereocenters. The van der Waals surface area contributed by atoms with E-state index in [0.29, 0.717) is 23.2 Å². The Balaban J connectivity index is 2.38. The van der Waals surface area contributed by atoms with Crippen LogP contribution in [0.5, 0.6) is 0 Å². The van der Waals surface area contributed by atoms with Crippen molar-refractivity contribution in [3.63, 3.8) is 0 Å². The van der Waals surface area contributed by atoms with Crippen LogP contribution in [-0.4, -0.2) is 23.2 Å². The molecule has 4 N–H and O–H groups in total. The molecule has 0 aliphatic heterocycles. The van der Waals surface area contributed by atoms with Crippen LogP contribution in [0.3, 0.4) is 0 Å². The topological polar surface area (TPSA) is 100 Å². The quantitative estimate of drug-likeness (QED) is 0.812. The molecule has 0 saturated heterocycles. The van der Waals surface area contributed by atoms with E-state index in [1.54, 1.807) is 25.1 Å².